The lowest BCUT2D eigenvalue weighted by molar-refractivity contribution is 0.0782. The Kier molecular flexibility index (Phi) is 5.63. The summed E-state index contributed by atoms with van der Waals surface area (Å²) in [5.74, 6) is 1.19. The van der Waals surface area contributed by atoms with Crippen LogP contribution >= 0.6 is 12.4 Å². The van der Waals surface area contributed by atoms with E-state index in [1.807, 2.05) is 29.2 Å². The topological polar surface area (TPSA) is 84.2 Å². The number of methoxy groups -OCH3 is 1. The summed E-state index contributed by atoms with van der Waals surface area (Å²) in [6.07, 6.45) is 0.974. The molecule has 7 heteroatoms. The molecule has 0 radical (unpaired) electrons. The van der Waals surface area contributed by atoms with E-state index >= 15 is 0 Å². The number of benzene rings is 1. The van der Waals surface area contributed by atoms with Gasteiger partial charge in [0.05, 0.1) is 12.8 Å². The van der Waals surface area contributed by atoms with Crippen molar-refractivity contribution in [2.45, 2.75) is 6.42 Å². The second kappa shape index (κ2) is 7.48. The van der Waals surface area contributed by atoms with Crippen LogP contribution in [0.25, 0.3) is 11.3 Å². The van der Waals surface area contributed by atoms with Gasteiger partial charge in [0.15, 0.2) is 0 Å². The fourth-order valence-electron chi connectivity index (χ4n) is 2.72. The summed E-state index contributed by atoms with van der Waals surface area (Å²) in [6.45, 7) is 2.12. The van der Waals surface area contributed by atoms with Crippen molar-refractivity contribution in [2.24, 2.45) is 11.7 Å². The van der Waals surface area contributed by atoms with Crippen molar-refractivity contribution < 1.29 is 9.53 Å². The highest BCUT2D eigenvalue weighted by atomic mass is 35.5. The van der Waals surface area contributed by atoms with Crippen LogP contribution in [-0.2, 0) is 0 Å². The number of hydrogen-bond donors (Lipinski definition) is 2. The maximum atomic E-state index is 12.4. The number of nitrogens with two attached hydrogens (primary N) is 1. The van der Waals surface area contributed by atoms with Gasteiger partial charge in [-0.15, -0.1) is 12.4 Å². The van der Waals surface area contributed by atoms with E-state index in [1.54, 1.807) is 13.2 Å². The van der Waals surface area contributed by atoms with Crippen molar-refractivity contribution in [3.63, 3.8) is 0 Å². The van der Waals surface area contributed by atoms with Crippen LogP contribution in [0.5, 0.6) is 5.75 Å². The van der Waals surface area contributed by atoms with Crippen LogP contribution < -0.4 is 10.5 Å². The van der Waals surface area contributed by atoms with Crippen LogP contribution in [0.2, 0.25) is 0 Å². The van der Waals surface area contributed by atoms with Crippen molar-refractivity contribution >= 4 is 18.3 Å². The minimum Gasteiger partial charge on any atom is -0.497 e. The van der Waals surface area contributed by atoms with Crippen molar-refractivity contribution in [3.05, 3.63) is 36.0 Å². The fourth-order valence-corrected chi connectivity index (χ4v) is 2.72. The molecule has 1 amide bonds. The smallest absolute Gasteiger partial charge is 0.271 e. The monoisotopic (exact) mass is 336 g/mol. The number of carbonyl (C=O) groups excluding carboxylic acids is 1. The SMILES string of the molecule is COc1ccc(-c2cc(C(=O)N3CCC(CN)C3)[nH]n2)cc1.Cl. The molecule has 6 nitrogen and oxygen atoms in total. The molecule has 1 unspecified atom stereocenters. The molecule has 1 atom stereocenters. The van der Waals surface area contributed by atoms with Gasteiger partial charge in [-0.25, -0.2) is 0 Å². The molecule has 1 saturated heterocycles. The molecule has 1 aliphatic rings. The van der Waals surface area contributed by atoms with E-state index in [0.29, 0.717) is 18.2 Å². The molecule has 23 heavy (non-hydrogen) atoms. The molecule has 124 valence electrons. The molecule has 0 saturated carbocycles. The van der Waals surface area contributed by atoms with Crippen LogP contribution in [-0.4, -0.2) is 47.7 Å². The zero-order chi connectivity index (χ0) is 15.5. The van der Waals surface area contributed by atoms with Gasteiger partial charge in [-0.3, -0.25) is 9.89 Å². The van der Waals surface area contributed by atoms with E-state index in [9.17, 15) is 4.79 Å². The van der Waals surface area contributed by atoms with Gasteiger partial charge < -0.3 is 15.4 Å². The first-order valence-electron chi connectivity index (χ1n) is 7.40. The normalized spacial score (nSPS) is 17.0. The van der Waals surface area contributed by atoms with Crippen LogP contribution in [0.4, 0.5) is 0 Å². The van der Waals surface area contributed by atoms with Gasteiger partial charge in [0, 0.05) is 18.7 Å². The summed E-state index contributed by atoms with van der Waals surface area (Å²) in [4.78, 5) is 14.3. The Morgan fingerprint density at radius 2 is 2.17 bits per heavy atom. The van der Waals surface area contributed by atoms with Gasteiger partial charge in [-0.1, -0.05) is 0 Å². The molecule has 1 aromatic heterocycles. The highest BCUT2D eigenvalue weighted by Gasteiger charge is 2.27. The van der Waals surface area contributed by atoms with Crippen LogP contribution in [0.15, 0.2) is 30.3 Å². The second-order valence-electron chi connectivity index (χ2n) is 5.54. The van der Waals surface area contributed by atoms with Crippen molar-refractivity contribution in [1.29, 1.82) is 0 Å². The van der Waals surface area contributed by atoms with E-state index in [1.165, 1.54) is 0 Å². The third-order valence-electron chi connectivity index (χ3n) is 4.10. The van der Waals surface area contributed by atoms with Gasteiger partial charge in [-0.2, -0.15) is 5.10 Å². The molecule has 0 aliphatic carbocycles. The molecule has 1 aromatic carbocycles. The van der Waals surface area contributed by atoms with E-state index in [2.05, 4.69) is 10.2 Å². The fraction of sp³-hybridized carbons (Fsp3) is 0.375. The number of H-pyrrole nitrogens is 1. The Labute approximate surface area is 141 Å². The minimum atomic E-state index is -0.0109. The predicted molar refractivity (Wildman–Crippen MR) is 90.9 cm³/mol. The largest absolute Gasteiger partial charge is 0.497 e. The Morgan fingerprint density at radius 3 is 2.78 bits per heavy atom. The molecular formula is C16H21ClN4O2. The summed E-state index contributed by atoms with van der Waals surface area (Å²) < 4.78 is 5.14. The Hall–Kier alpha value is -2.05. The molecular weight excluding hydrogens is 316 g/mol. The number of aromatic amines is 1. The Morgan fingerprint density at radius 1 is 1.43 bits per heavy atom. The highest BCUT2D eigenvalue weighted by molar-refractivity contribution is 5.93. The summed E-state index contributed by atoms with van der Waals surface area (Å²) in [6, 6.07) is 9.38. The first-order chi connectivity index (χ1) is 10.7. The standard InChI is InChI=1S/C16H20N4O2.ClH/c1-22-13-4-2-12(3-5-13)14-8-15(19-18-14)16(21)20-7-6-11(9-17)10-20;/h2-5,8,11H,6-7,9-10,17H2,1H3,(H,18,19);1H. The number of nitrogens with one attached hydrogen (secondary N) is 1. The van der Waals surface area contributed by atoms with Crippen molar-refractivity contribution in [3.8, 4) is 17.0 Å². The third kappa shape index (κ3) is 3.65. The third-order valence-corrected chi connectivity index (χ3v) is 4.10. The van der Waals surface area contributed by atoms with Gasteiger partial charge in [0.1, 0.15) is 11.4 Å². The average Bonchev–Trinajstić information content (AvgIpc) is 3.23. The van der Waals surface area contributed by atoms with Crippen LogP contribution in [0, 0.1) is 5.92 Å². The maximum Gasteiger partial charge on any atom is 0.271 e. The summed E-state index contributed by atoms with van der Waals surface area (Å²) >= 11 is 0. The lowest BCUT2D eigenvalue weighted by Crippen LogP contribution is -2.30. The summed E-state index contributed by atoms with van der Waals surface area (Å²) in [5.41, 5.74) is 7.88. The van der Waals surface area contributed by atoms with Gasteiger partial charge in [0.25, 0.3) is 5.91 Å². The quantitative estimate of drug-likeness (QED) is 0.893. The Bertz CT molecular complexity index is 656. The molecule has 2 heterocycles. The summed E-state index contributed by atoms with van der Waals surface area (Å²) in [7, 11) is 1.63. The second-order valence-corrected chi connectivity index (χ2v) is 5.54. The average molecular weight is 337 g/mol. The van der Waals surface area contributed by atoms with Gasteiger partial charge in [-0.05, 0) is 49.2 Å². The molecule has 1 aliphatic heterocycles. The number of hydrogen-bond acceptors (Lipinski definition) is 4. The Balaban J connectivity index is 0.00000192. The minimum absolute atomic E-state index is 0. The number of carbonyl (C=O) groups is 1. The molecule has 3 rings (SSSR count). The van der Waals surface area contributed by atoms with E-state index < -0.39 is 0 Å². The first-order valence-corrected chi connectivity index (χ1v) is 7.40. The number of nitrogens with zero attached hydrogens (tertiary/aromatic N) is 2. The number of ether oxygens (including phenoxy) is 1. The number of rotatable bonds is 4. The molecule has 2 aromatic rings. The van der Waals surface area contributed by atoms with E-state index in [-0.39, 0.29) is 18.3 Å². The molecule has 1 fully saturated rings. The van der Waals surface area contributed by atoms with E-state index in [0.717, 1.165) is 36.5 Å². The lowest BCUT2D eigenvalue weighted by Gasteiger charge is -2.14. The van der Waals surface area contributed by atoms with Crippen LogP contribution in [0.3, 0.4) is 0 Å². The maximum absolute atomic E-state index is 12.4. The van der Waals surface area contributed by atoms with Crippen molar-refractivity contribution in [1.82, 2.24) is 15.1 Å². The predicted octanol–water partition coefficient (Wildman–Crippen LogP) is 1.93. The van der Waals surface area contributed by atoms with Crippen LogP contribution in [0.1, 0.15) is 16.9 Å². The molecule has 3 N–H and O–H groups in total. The van der Waals surface area contributed by atoms with Crippen molar-refractivity contribution in [2.75, 3.05) is 26.7 Å². The first kappa shape index (κ1) is 17.3. The summed E-state index contributed by atoms with van der Waals surface area (Å²) in [5, 5.41) is 7.07. The number of amides is 1. The van der Waals surface area contributed by atoms with Gasteiger partial charge in [0.2, 0.25) is 0 Å². The zero-order valence-corrected chi connectivity index (χ0v) is 13.8. The molecule has 0 spiro atoms. The molecule has 0 bridgehead atoms. The van der Waals surface area contributed by atoms with E-state index in [4.69, 9.17) is 10.5 Å². The van der Waals surface area contributed by atoms with Gasteiger partial charge >= 0.3 is 0 Å². The highest BCUT2D eigenvalue weighted by Crippen LogP contribution is 2.23. The number of halogens is 1. The number of likely N-dealkylation sites (tertiary alicyclic amines) is 1. The lowest BCUT2D eigenvalue weighted by atomic mass is 10.1. The number of aromatic nitrogens is 2. The zero-order valence-electron chi connectivity index (χ0n) is 13.0.